The van der Waals surface area contributed by atoms with Crippen LogP contribution in [-0.4, -0.2) is 31.4 Å². The minimum Gasteiger partial charge on any atom is -0.469 e. The maximum atomic E-state index is 12.9. The zero-order valence-electron chi connectivity index (χ0n) is 17.0. The summed E-state index contributed by atoms with van der Waals surface area (Å²) in [6.45, 7) is 4.46. The quantitative estimate of drug-likeness (QED) is 0.763. The van der Waals surface area contributed by atoms with Crippen molar-refractivity contribution in [2.24, 2.45) is 0 Å². The second kappa shape index (κ2) is 8.90. The van der Waals surface area contributed by atoms with E-state index in [1.807, 2.05) is 50.2 Å². The molecule has 2 aromatic carbocycles. The van der Waals surface area contributed by atoms with Crippen LogP contribution >= 0.6 is 0 Å². The van der Waals surface area contributed by atoms with Gasteiger partial charge in [0.05, 0.1) is 19.6 Å². The molecule has 0 spiro atoms. The molecule has 1 unspecified atom stereocenters. The van der Waals surface area contributed by atoms with E-state index in [1.54, 1.807) is 11.0 Å². The first kappa shape index (κ1) is 20.6. The summed E-state index contributed by atoms with van der Waals surface area (Å²) < 4.78 is 4.79. The standard InChI is InChI=1S/C23H26N2O4/c1-4-21(26)25-12-11-17-13-18(9-10-20(17)25)23(28)24-19(14-22(27)29-3)16-7-5-15(2)6-8-16/h5-10,13,19H,4,11-12,14H2,1-3H3,(H,24,28). The summed E-state index contributed by atoms with van der Waals surface area (Å²) in [6, 6.07) is 12.6. The summed E-state index contributed by atoms with van der Waals surface area (Å²) >= 11 is 0. The van der Waals surface area contributed by atoms with Crippen LogP contribution in [0.2, 0.25) is 0 Å². The molecule has 1 aliphatic heterocycles. The SMILES string of the molecule is CCC(=O)N1CCc2cc(C(=O)NC(CC(=O)OC)c3ccc(C)cc3)ccc21. The van der Waals surface area contributed by atoms with Crippen molar-refractivity contribution in [3.8, 4) is 0 Å². The number of benzene rings is 2. The van der Waals surface area contributed by atoms with E-state index in [2.05, 4.69) is 5.32 Å². The van der Waals surface area contributed by atoms with Gasteiger partial charge in [0.1, 0.15) is 0 Å². The zero-order valence-corrected chi connectivity index (χ0v) is 17.0. The van der Waals surface area contributed by atoms with Gasteiger partial charge in [0, 0.05) is 24.2 Å². The highest BCUT2D eigenvalue weighted by molar-refractivity contribution is 5.98. The van der Waals surface area contributed by atoms with Gasteiger partial charge in [0.25, 0.3) is 5.91 Å². The molecule has 6 heteroatoms. The lowest BCUT2D eigenvalue weighted by Gasteiger charge is -2.19. The lowest BCUT2D eigenvalue weighted by atomic mass is 10.0. The van der Waals surface area contributed by atoms with Gasteiger partial charge in [0.15, 0.2) is 0 Å². The van der Waals surface area contributed by atoms with Gasteiger partial charge < -0.3 is 15.0 Å². The summed E-state index contributed by atoms with van der Waals surface area (Å²) in [5.41, 5.74) is 4.31. The molecule has 2 aromatic rings. The van der Waals surface area contributed by atoms with Crippen LogP contribution in [0.1, 0.15) is 52.9 Å². The number of fused-ring (bicyclic) bond motifs is 1. The average Bonchev–Trinajstić information content (AvgIpc) is 3.16. The molecule has 3 rings (SSSR count). The van der Waals surface area contributed by atoms with Crippen LogP contribution in [0.15, 0.2) is 42.5 Å². The number of amides is 2. The Labute approximate surface area is 170 Å². The fraction of sp³-hybridized carbons (Fsp3) is 0.348. The fourth-order valence-corrected chi connectivity index (χ4v) is 3.54. The third kappa shape index (κ3) is 4.65. The van der Waals surface area contributed by atoms with Crippen LogP contribution in [0.3, 0.4) is 0 Å². The Kier molecular flexibility index (Phi) is 6.32. The summed E-state index contributed by atoms with van der Waals surface area (Å²) in [7, 11) is 1.33. The minimum absolute atomic E-state index is 0.0506. The number of aryl methyl sites for hydroxylation is 1. The topological polar surface area (TPSA) is 75.7 Å². The highest BCUT2D eigenvalue weighted by Crippen LogP contribution is 2.29. The van der Waals surface area contributed by atoms with Crippen molar-refractivity contribution in [1.29, 1.82) is 0 Å². The molecular weight excluding hydrogens is 368 g/mol. The van der Waals surface area contributed by atoms with E-state index < -0.39 is 12.0 Å². The monoisotopic (exact) mass is 394 g/mol. The normalized spacial score (nSPS) is 13.6. The number of anilines is 1. The molecule has 0 saturated heterocycles. The Morgan fingerprint density at radius 1 is 1.14 bits per heavy atom. The van der Waals surface area contributed by atoms with Gasteiger partial charge >= 0.3 is 5.97 Å². The van der Waals surface area contributed by atoms with Crippen molar-refractivity contribution in [2.75, 3.05) is 18.6 Å². The smallest absolute Gasteiger partial charge is 0.307 e. The van der Waals surface area contributed by atoms with Crippen molar-refractivity contribution < 1.29 is 19.1 Å². The molecule has 1 heterocycles. The Balaban J connectivity index is 1.80. The summed E-state index contributed by atoms with van der Waals surface area (Å²) in [4.78, 5) is 38.6. The number of hydrogen-bond donors (Lipinski definition) is 1. The van der Waals surface area contributed by atoms with Gasteiger partial charge in [-0.3, -0.25) is 14.4 Å². The van der Waals surface area contributed by atoms with Crippen molar-refractivity contribution in [3.05, 3.63) is 64.7 Å². The van der Waals surface area contributed by atoms with Crippen LogP contribution in [0.4, 0.5) is 5.69 Å². The van der Waals surface area contributed by atoms with Gasteiger partial charge in [0.2, 0.25) is 5.91 Å². The first-order valence-corrected chi connectivity index (χ1v) is 9.80. The molecule has 0 bridgehead atoms. The molecule has 0 radical (unpaired) electrons. The first-order valence-electron chi connectivity index (χ1n) is 9.80. The van der Waals surface area contributed by atoms with E-state index in [4.69, 9.17) is 4.74 Å². The number of carbonyl (C=O) groups excluding carboxylic acids is 3. The van der Waals surface area contributed by atoms with E-state index in [0.29, 0.717) is 18.5 Å². The number of hydrogen-bond acceptors (Lipinski definition) is 4. The number of methoxy groups -OCH3 is 1. The molecule has 0 aromatic heterocycles. The Morgan fingerprint density at radius 3 is 2.52 bits per heavy atom. The molecule has 0 saturated carbocycles. The van der Waals surface area contributed by atoms with E-state index in [-0.39, 0.29) is 18.2 Å². The van der Waals surface area contributed by atoms with Crippen LogP contribution in [0.5, 0.6) is 0 Å². The number of nitrogens with zero attached hydrogens (tertiary/aromatic N) is 1. The third-order valence-corrected chi connectivity index (χ3v) is 5.22. The molecule has 0 fully saturated rings. The predicted octanol–water partition coefficient (Wildman–Crippen LogP) is 3.33. The Morgan fingerprint density at radius 2 is 1.86 bits per heavy atom. The Bertz CT molecular complexity index is 921. The molecule has 2 amide bonds. The maximum Gasteiger partial charge on any atom is 0.307 e. The highest BCUT2D eigenvalue weighted by Gasteiger charge is 2.25. The van der Waals surface area contributed by atoms with Gasteiger partial charge in [-0.1, -0.05) is 36.8 Å². The molecule has 152 valence electrons. The van der Waals surface area contributed by atoms with Crippen molar-refractivity contribution in [3.63, 3.8) is 0 Å². The van der Waals surface area contributed by atoms with Crippen LogP contribution in [0, 0.1) is 6.92 Å². The second-order valence-electron chi connectivity index (χ2n) is 7.21. The second-order valence-corrected chi connectivity index (χ2v) is 7.21. The summed E-state index contributed by atoms with van der Waals surface area (Å²) in [5, 5.41) is 2.95. The first-order chi connectivity index (χ1) is 13.9. The fourth-order valence-electron chi connectivity index (χ4n) is 3.54. The molecule has 1 atom stereocenters. The number of nitrogens with one attached hydrogen (secondary N) is 1. The molecule has 29 heavy (non-hydrogen) atoms. The summed E-state index contributed by atoms with van der Waals surface area (Å²) in [5.74, 6) is -0.570. The average molecular weight is 394 g/mol. The molecule has 6 nitrogen and oxygen atoms in total. The van der Waals surface area contributed by atoms with E-state index >= 15 is 0 Å². The van der Waals surface area contributed by atoms with E-state index in [9.17, 15) is 14.4 Å². The van der Waals surface area contributed by atoms with Crippen molar-refractivity contribution >= 4 is 23.5 Å². The lowest BCUT2D eigenvalue weighted by molar-refractivity contribution is -0.141. The number of carbonyl (C=O) groups is 3. The number of esters is 1. The molecule has 1 aliphatic rings. The van der Waals surface area contributed by atoms with Gasteiger partial charge in [-0.25, -0.2) is 0 Å². The third-order valence-electron chi connectivity index (χ3n) is 5.22. The van der Waals surface area contributed by atoms with E-state index in [1.165, 1.54) is 7.11 Å². The zero-order chi connectivity index (χ0) is 21.0. The molecular formula is C23H26N2O4. The van der Waals surface area contributed by atoms with Crippen LogP contribution < -0.4 is 10.2 Å². The lowest BCUT2D eigenvalue weighted by Crippen LogP contribution is -2.30. The number of rotatable bonds is 6. The summed E-state index contributed by atoms with van der Waals surface area (Å²) in [6.07, 6.45) is 1.23. The van der Waals surface area contributed by atoms with Crippen molar-refractivity contribution in [1.82, 2.24) is 5.32 Å². The van der Waals surface area contributed by atoms with Crippen molar-refractivity contribution in [2.45, 2.75) is 39.2 Å². The number of ether oxygens (including phenoxy) is 1. The Hall–Kier alpha value is -3.15. The molecule has 0 aliphatic carbocycles. The highest BCUT2D eigenvalue weighted by atomic mass is 16.5. The molecule has 1 N–H and O–H groups in total. The van der Waals surface area contributed by atoms with Crippen LogP contribution in [0.25, 0.3) is 0 Å². The largest absolute Gasteiger partial charge is 0.469 e. The maximum absolute atomic E-state index is 12.9. The van der Waals surface area contributed by atoms with Gasteiger partial charge in [-0.2, -0.15) is 0 Å². The minimum atomic E-state index is -0.484. The van der Waals surface area contributed by atoms with Gasteiger partial charge in [-0.05, 0) is 42.7 Å². The van der Waals surface area contributed by atoms with Gasteiger partial charge in [-0.15, -0.1) is 0 Å². The predicted molar refractivity (Wildman–Crippen MR) is 111 cm³/mol. The van der Waals surface area contributed by atoms with Crippen LogP contribution in [-0.2, 0) is 20.7 Å². The van der Waals surface area contributed by atoms with E-state index in [0.717, 1.165) is 28.8 Å².